The van der Waals surface area contributed by atoms with Crippen LogP contribution >= 0.6 is 0 Å². The number of carboxylic acid groups (broad SMARTS) is 1. The summed E-state index contributed by atoms with van der Waals surface area (Å²) in [4.78, 5) is 36.0. The Kier molecular flexibility index (Phi) is 5.93. The van der Waals surface area contributed by atoms with Crippen molar-refractivity contribution in [2.75, 3.05) is 6.61 Å². The fraction of sp³-hybridized carbons (Fsp3) is 0.375. The summed E-state index contributed by atoms with van der Waals surface area (Å²) in [5.41, 5.74) is 4.48. The predicted molar refractivity (Wildman–Crippen MR) is 115 cm³/mol. The Bertz CT molecular complexity index is 955. The van der Waals surface area contributed by atoms with Crippen LogP contribution in [0.3, 0.4) is 0 Å². The number of rotatable bonds is 8. The lowest BCUT2D eigenvalue weighted by atomic mass is 9.98. The van der Waals surface area contributed by atoms with Gasteiger partial charge in [0.1, 0.15) is 18.7 Å². The first-order valence-electron chi connectivity index (χ1n) is 10.6. The first-order valence-corrected chi connectivity index (χ1v) is 10.6. The molecule has 0 aliphatic heterocycles. The van der Waals surface area contributed by atoms with Crippen LogP contribution in [-0.4, -0.2) is 41.8 Å². The fourth-order valence-corrected chi connectivity index (χ4v) is 4.09. The number of ether oxygens (including phenoxy) is 1. The summed E-state index contributed by atoms with van der Waals surface area (Å²) >= 11 is 0. The van der Waals surface area contributed by atoms with E-state index in [2.05, 4.69) is 22.8 Å². The number of nitrogens with one attached hydrogen (secondary N) is 2. The third-order valence-corrected chi connectivity index (χ3v) is 5.95. The van der Waals surface area contributed by atoms with Crippen LogP contribution in [0.1, 0.15) is 43.2 Å². The number of alkyl carbamates (subject to hydrolysis) is 1. The minimum atomic E-state index is -1.06. The maximum Gasteiger partial charge on any atom is 0.407 e. The van der Waals surface area contributed by atoms with Gasteiger partial charge in [-0.2, -0.15) is 0 Å². The highest BCUT2D eigenvalue weighted by Gasteiger charge is 2.32. The molecule has 0 bridgehead atoms. The van der Waals surface area contributed by atoms with E-state index in [4.69, 9.17) is 4.74 Å². The van der Waals surface area contributed by atoms with Crippen molar-refractivity contribution in [2.24, 2.45) is 5.92 Å². The summed E-state index contributed by atoms with van der Waals surface area (Å²) in [5, 5.41) is 14.3. The average molecular weight is 422 g/mol. The Morgan fingerprint density at radius 3 is 2.13 bits per heavy atom. The third kappa shape index (κ3) is 4.71. The Hall–Kier alpha value is -3.35. The van der Waals surface area contributed by atoms with Crippen molar-refractivity contribution in [1.29, 1.82) is 0 Å². The lowest BCUT2D eigenvalue weighted by molar-refractivity contribution is -0.142. The molecule has 2 atom stereocenters. The smallest absolute Gasteiger partial charge is 0.407 e. The molecule has 2 aromatic carbocycles. The van der Waals surface area contributed by atoms with Gasteiger partial charge in [-0.3, -0.25) is 4.79 Å². The number of carbonyl (C=O) groups excluding carboxylic acids is 2. The normalized spacial score (nSPS) is 16.5. The molecule has 7 heteroatoms. The van der Waals surface area contributed by atoms with Gasteiger partial charge in [0, 0.05) is 5.92 Å². The standard InChI is InChI=1S/C24H26N2O5/c1-14(22(27)26-21(23(28)29)12-15-10-11-15)25-24(30)31-13-20-18-8-4-2-6-16(18)17-7-3-5-9-19(17)20/h2-9,14-15,20-21H,10-13H2,1H3,(H,25,30)(H,26,27)(H,28,29)/t14-,21?/m1/s1. The van der Waals surface area contributed by atoms with Crippen LogP contribution < -0.4 is 10.6 Å². The van der Waals surface area contributed by atoms with Crippen molar-refractivity contribution in [3.05, 3.63) is 59.7 Å². The number of benzene rings is 2. The van der Waals surface area contributed by atoms with E-state index in [1.165, 1.54) is 6.92 Å². The average Bonchev–Trinajstić information content (AvgIpc) is 3.52. The van der Waals surface area contributed by atoms with Crippen LogP contribution in [0.4, 0.5) is 4.79 Å². The molecule has 2 aromatic rings. The highest BCUT2D eigenvalue weighted by Crippen LogP contribution is 2.44. The van der Waals surface area contributed by atoms with Crippen LogP contribution in [0.15, 0.2) is 48.5 Å². The number of carbonyl (C=O) groups is 3. The van der Waals surface area contributed by atoms with E-state index >= 15 is 0 Å². The molecule has 4 rings (SSSR count). The topological polar surface area (TPSA) is 105 Å². The number of hydrogen-bond donors (Lipinski definition) is 3. The van der Waals surface area contributed by atoms with Crippen LogP contribution in [0.2, 0.25) is 0 Å². The molecule has 162 valence electrons. The zero-order valence-corrected chi connectivity index (χ0v) is 17.3. The van der Waals surface area contributed by atoms with Gasteiger partial charge in [0.05, 0.1) is 0 Å². The van der Waals surface area contributed by atoms with Gasteiger partial charge in [-0.25, -0.2) is 9.59 Å². The van der Waals surface area contributed by atoms with Crippen molar-refractivity contribution in [3.8, 4) is 11.1 Å². The lowest BCUT2D eigenvalue weighted by Crippen LogP contribution is -2.50. The van der Waals surface area contributed by atoms with Crippen LogP contribution in [0.25, 0.3) is 11.1 Å². The molecule has 31 heavy (non-hydrogen) atoms. The Labute approximate surface area is 180 Å². The van der Waals surface area contributed by atoms with Crippen molar-refractivity contribution >= 4 is 18.0 Å². The molecule has 0 saturated heterocycles. The van der Waals surface area contributed by atoms with Crippen molar-refractivity contribution in [3.63, 3.8) is 0 Å². The SMILES string of the molecule is C[C@@H](NC(=O)OCC1c2ccccc2-c2ccccc21)C(=O)NC(CC1CC1)C(=O)O. The van der Waals surface area contributed by atoms with Gasteiger partial charge in [-0.05, 0) is 41.5 Å². The molecule has 7 nitrogen and oxygen atoms in total. The van der Waals surface area contributed by atoms with E-state index in [0.29, 0.717) is 12.3 Å². The van der Waals surface area contributed by atoms with E-state index < -0.39 is 30.1 Å². The number of hydrogen-bond acceptors (Lipinski definition) is 4. The van der Waals surface area contributed by atoms with Crippen LogP contribution in [-0.2, 0) is 14.3 Å². The second-order valence-electron chi connectivity index (χ2n) is 8.27. The molecule has 1 unspecified atom stereocenters. The summed E-state index contributed by atoms with van der Waals surface area (Å²) in [6, 6.07) is 14.2. The van der Waals surface area contributed by atoms with E-state index in [-0.39, 0.29) is 12.5 Å². The number of amides is 2. The first kappa shape index (κ1) is 20.9. The third-order valence-electron chi connectivity index (χ3n) is 5.95. The van der Waals surface area contributed by atoms with Crippen LogP contribution in [0, 0.1) is 5.92 Å². The van der Waals surface area contributed by atoms with E-state index in [0.717, 1.165) is 35.1 Å². The zero-order chi connectivity index (χ0) is 22.0. The number of carboxylic acids is 1. The highest BCUT2D eigenvalue weighted by molar-refractivity contribution is 5.89. The maximum atomic E-state index is 12.3. The molecular formula is C24H26N2O5. The van der Waals surface area contributed by atoms with Gasteiger partial charge in [0.25, 0.3) is 0 Å². The van der Waals surface area contributed by atoms with E-state index in [9.17, 15) is 19.5 Å². The molecule has 0 aromatic heterocycles. The monoisotopic (exact) mass is 422 g/mol. The predicted octanol–water partition coefficient (Wildman–Crippen LogP) is 3.28. The molecule has 1 fully saturated rings. The van der Waals surface area contributed by atoms with Gasteiger partial charge in [0.15, 0.2) is 0 Å². The molecule has 2 amide bonds. The molecule has 1 saturated carbocycles. The minimum Gasteiger partial charge on any atom is -0.480 e. The van der Waals surface area contributed by atoms with Crippen molar-refractivity contribution in [1.82, 2.24) is 10.6 Å². The molecule has 0 radical (unpaired) electrons. The first-order chi connectivity index (χ1) is 14.9. The zero-order valence-electron chi connectivity index (χ0n) is 17.3. The van der Waals surface area contributed by atoms with Crippen molar-refractivity contribution in [2.45, 2.75) is 44.2 Å². The number of fused-ring (bicyclic) bond motifs is 3. The largest absolute Gasteiger partial charge is 0.480 e. The van der Waals surface area contributed by atoms with Gasteiger partial charge < -0.3 is 20.5 Å². The van der Waals surface area contributed by atoms with Crippen LogP contribution in [0.5, 0.6) is 0 Å². The molecule has 2 aliphatic rings. The second kappa shape index (κ2) is 8.79. The van der Waals surface area contributed by atoms with E-state index in [1.54, 1.807) is 0 Å². The maximum absolute atomic E-state index is 12.3. The van der Waals surface area contributed by atoms with Gasteiger partial charge in [-0.1, -0.05) is 61.4 Å². The minimum absolute atomic E-state index is 0.0720. The molecule has 0 spiro atoms. The Morgan fingerprint density at radius 2 is 1.58 bits per heavy atom. The molecule has 2 aliphatic carbocycles. The van der Waals surface area contributed by atoms with Gasteiger partial charge >= 0.3 is 12.1 Å². The Morgan fingerprint density at radius 1 is 1.00 bits per heavy atom. The fourth-order valence-electron chi connectivity index (χ4n) is 4.09. The molecule has 0 heterocycles. The quantitative estimate of drug-likeness (QED) is 0.606. The number of aliphatic carboxylic acids is 1. The summed E-state index contributed by atoms with van der Waals surface area (Å²) < 4.78 is 5.44. The molecular weight excluding hydrogens is 396 g/mol. The molecule has 3 N–H and O–H groups in total. The summed E-state index contributed by atoms with van der Waals surface area (Å²) in [7, 11) is 0. The van der Waals surface area contributed by atoms with Gasteiger partial charge in [0.2, 0.25) is 5.91 Å². The van der Waals surface area contributed by atoms with Gasteiger partial charge in [-0.15, -0.1) is 0 Å². The lowest BCUT2D eigenvalue weighted by Gasteiger charge is -2.19. The highest BCUT2D eigenvalue weighted by atomic mass is 16.5. The Balaban J connectivity index is 1.33. The van der Waals surface area contributed by atoms with E-state index in [1.807, 2.05) is 36.4 Å². The summed E-state index contributed by atoms with van der Waals surface area (Å²) in [5.74, 6) is -1.32. The second-order valence-corrected chi connectivity index (χ2v) is 8.27. The summed E-state index contributed by atoms with van der Waals surface area (Å²) in [6.45, 7) is 1.65. The summed E-state index contributed by atoms with van der Waals surface area (Å²) in [6.07, 6.45) is 1.69. The van der Waals surface area contributed by atoms with Crippen molar-refractivity contribution < 1.29 is 24.2 Å².